The fourth-order valence-corrected chi connectivity index (χ4v) is 3.93. The number of ether oxygens (including phenoxy) is 1. The van der Waals surface area contributed by atoms with Crippen LogP contribution in [0.2, 0.25) is 5.02 Å². The molecular weight excluding hydrogens is 324 g/mol. The van der Waals surface area contributed by atoms with Crippen molar-refractivity contribution in [3.63, 3.8) is 0 Å². The lowest BCUT2D eigenvalue weighted by Crippen LogP contribution is -2.37. The Morgan fingerprint density at radius 3 is 2.62 bits per heavy atom. The van der Waals surface area contributed by atoms with E-state index in [4.69, 9.17) is 11.6 Å². The molecule has 0 amide bonds. The van der Waals surface area contributed by atoms with Gasteiger partial charge >= 0.3 is 6.61 Å². The maximum absolute atomic E-state index is 12.3. The molecule has 0 bridgehead atoms. The normalized spacial score (nSPS) is 18.9. The standard InChI is InChI=1S/C13H16ClF2NO3S/c14-10-1-2-12(20-13(15)16)9(7-10)8-17-11-3-5-21(18,19)6-4-11/h1-2,7,11,13,17H,3-6,8H2. The maximum Gasteiger partial charge on any atom is 0.387 e. The van der Waals surface area contributed by atoms with Crippen LogP contribution in [0.25, 0.3) is 0 Å². The number of alkyl halides is 2. The molecule has 1 saturated heterocycles. The fraction of sp³-hybridized carbons (Fsp3) is 0.538. The summed E-state index contributed by atoms with van der Waals surface area (Å²) in [7, 11) is -2.91. The zero-order chi connectivity index (χ0) is 15.5. The molecule has 2 rings (SSSR count). The van der Waals surface area contributed by atoms with E-state index in [1.807, 2.05) is 0 Å². The summed E-state index contributed by atoms with van der Waals surface area (Å²) in [4.78, 5) is 0. The molecule has 118 valence electrons. The number of sulfone groups is 1. The molecule has 1 aliphatic heterocycles. The molecule has 8 heteroatoms. The lowest BCUT2D eigenvalue weighted by Gasteiger charge is -2.23. The molecular formula is C13H16ClF2NO3S. The van der Waals surface area contributed by atoms with Gasteiger partial charge in [-0.1, -0.05) is 11.6 Å². The first kappa shape index (κ1) is 16.5. The van der Waals surface area contributed by atoms with E-state index in [9.17, 15) is 17.2 Å². The van der Waals surface area contributed by atoms with Crippen LogP contribution in [-0.2, 0) is 16.4 Å². The Balaban J connectivity index is 1.98. The van der Waals surface area contributed by atoms with Crippen molar-refractivity contribution in [3.8, 4) is 5.75 Å². The molecule has 1 N–H and O–H groups in total. The molecule has 1 heterocycles. The third kappa shape index (κ3) is 5.09. The summed E-state index contributed by atoms with van der Waals surface area (Å²) < 4.78 is 51.8. The van der Waals surface area contributed by atoms with Gasteiger partial charge in [0.2, 0.25) is 0 Å². The number of hydrogen-bond acceptors (Lipinski definition) is 4. The van der Waals surface area contributed by atoms with Crippen LogP contribution in [0.5, 0.6) is 5.75 Å². The number of rotatable bonds is 5. The van der Waals surface area contributed by atoms with Gasteiger partial charge in [0.05, 0.1) is 11.5 Å². The smallest absolute Gasteiger partial charge is 0.387 e. The highest BCUT2D eigenvalue weighted by atomic mass is 35.5. The average Bonchev–Trinajstić information content (AvgIpc) is 2.40. The van der Waals surface area contributed by atoms with Crippen molar-refractivity contribution in [3.05, 3.63) is 28.8 Å². The van der Waals surface area contributed by atoms with Crippen LogP contribution in [0.15, 0.2) is 18.2 Å². The first-order valence-corrected chi connectivity index (χ1v) is 8.73. The van der Waals surface area contributed by atoms with Crippen LogP contribution in [0.4, 0.5) is 8.78 Å². The zero-order valence-corrected chi connectivity index (χ0v) is 12.8. The van der Waals surface area contributed by atoms with Crippen LogP contribution < -0.4 is 10.1 Å². The Morgan fingerprint density at radius 2 is 2.00 bits per heavy atom. The van der Waals surface area contributed by atoms with Gasteiger partial charge in [0.25, 0.3) is 0 Å². The molecule has 1 aliphatic rings. The highest BCUT2D eigenvalue weighted by molar-refractivity contribution is 7.91. The first-order valence-electron chi connectivity index (χ1n) is 6.53. The summed E-state index contributed by atoms with van der Waals surface area (Å²) in [5.74, 6) is 0.381. The Kier molecular flexibility index (Phi) is 5.40. The summed E-state index contributed by atoms with van der Waals surface area (Å²) >= 11 is 5.86. The third-order valence-corrected chi connectivity index (χ3v) is 5.32. The minimum absolute atomic E-state index is 0.0481. The van der Waals surface area contributed by atoms with Crippen molar-refractivity contribution in [2.24, 2.45) is 0 Å². The van der Waals surface area contributed by atoms with Gasteiger partial charge < -0.3 is 10.1 Å². The molecule has 4 nitrogen and oxygen atoms in total. The SMILES string of the molecule is O=S1(=O)CCC(NCc2cc(Cl)ccc2OC(F)F)CC1. The van der Waals surface area contributed by atoms with E-state index in [1.165, 1.54) is 12.1 Å². The van der Waals surface area contributed by atoms with Crippen LogP contribution in [0.1, 0.15) is 18.4 Å². The van der Waals surface area contributed by atoms with Gasteiger partial charge in [0.15, 0.2) is 0 Å². The second-order valence-corrected chi connectivity index (χ2v) is 7.68. The zero-order valence-electron chi connectivity index (χ0n) is 11.2. The molecule has 1 aromatic rings. The van der Waals surface area contributed by atoms with E-state index in [-0.39, 0.29) is 23.3 Å². The summed E-state index contributed by atoms with van der Waals surface area (Å²) in [6, 6.07) is 4.49. The molecule has 1 aromatic carbocycles. The molecule has 0 saturated carbocycles. The van der Waals surface area contributed by atoms with Crippen molar-refractivity contribution in [1.82, 2.24) is 5.32 Å². The molecule has 21 heavy (non-hydrogen) atoms. The van der Waals surface area contributed by atoms with Crippen molar-refractivity contribution < 1.29 is 21.9 Å². The highest BCUT2D eigenvalue weighted by Crippen LogP contribution is 2.25. The number of nitrogens with one attached hydrogen (secondary N) is 1. The molecule has 0 spiro atoms. The number of benzene rings is 1. The molecule has 0 unspecified atom stereocenters. The summed E-state index contributed by atoms with van der Waals surface area (Å²) in [6.45, 7) is -2.60. The largest absolute Gasteiger partial charge is 0.434 e. The van der Waals surface area contributed by atoms with Crippen molar-refractivity contribution in [2.75, 3.05) is 11.5 Å². The van der Waals surface area contributed by atoms with Gasteiger partial charge in [-0.15, -0.1) is 0 Å². The van der Waals surface area contributed by atoms with Gasteiger partial charge in [0, 0.05) is 23.2 Å². The lowest BCUT2D eigenvalue weighted by molar-refractivity contribution is -0.0505. The van der Waals surface area contributed by atoms with Gasteiger partial charge in [-0.25, -0.2) is 8.42 Å². The molecule has 0 radical (unpaired) electrons. The predicted octanol–water partition coefficient (Wildman–Crippen LogP) is 2.61. The minimum atomic E-state index is -2.91. The van der Waals surface area contributed by atoms with Crippen molar-refractivity contribution in [2.45, 2.75) is 32.0 Å². The number of hydrogen-bond donors (Lipinski definition) is 1. The van der Waals surface area contributed by atoms with E-state index in [1.54, 1.807) is 6.07 Å². The Morgan fingerprint density at radius 1 is 1.33 bits per heavy atom. The Labute approximate surface area is 127 Å². The highest BCUT2D eigenvalue weighted by Gasteiger charge is 2.23. The van der Waals surface area contributed by atoms with Crippen LogP contribution in [0, 0.1) is 0 Å². The average molecular weight is 340 g/mol. The quantitative estimate of drug-likeness (QED) is 0.896. The first-order chi connectivity index (χ1) is 9.85. The monoisotopic (exact) mass is 339 g/mol. The van der Waals surface area contributed by atoms with Crippen LogP contribution >= 0.6 is 11.6 Å². The second-order valence-electron chi connectivity index (χ2n) is 4.94. The second kappa shape index (κ2) is 6.89. The molecule has 0 aromatic heterocycles. The van der Waals surface area contributed by atoms with E-state index < -0.39 is 16.4 Å². The van der Waals surface area contributed by atoms with E-state index >= 15 is 0 Å². The van der Waals surface area contributed by atoms with Gasteiger partial charge in [-0.05, 0) is 31.0 Å². The van der Waals surface area contributed by atoms with E-state index in [0.29, 0.717) is 30.0 Å². The summed E-state index contributed by atoms with van der Waals surface area (Å²) in [5.41, 5.74) is 0.524. The Bertz CT molecular complexity index is 581. The summed E-state index contributed by atoms with van der Waals surface area (Å²) in [6.07, 6.45) is 1.04. The maximum atomic E-state index is 12.3. The molecule has 0 aliphatic carbocycles. The van der Waals surface area contributed by atoms with Crippen LogP contribution in [-0.4, -0.2) is 32.6 Å². The topological polar surface area (TPSA) is 55.4 Å². The van der Waals surface area contributed by atoms with Gasteiger partial charge in [-0.3, -0.25) is 0 Å². The third-order valence-electron chi connectivity index (χ3n) is 3.37. The summed E-state index contributed by atoms with van der Waals surface area (Å²) in [5, 5.41) is 3.60. The predicted molar refractivity (Wildman–Crippen MR) is 76.6 cm³/mol. The van der Waals surface area contributed by atoms with E-state index in [0.717, 1.165) is 0 Å². The van der Waals surface area contributed by atoms with Crippen LogP contribution in [0.3, 0.4) is 0 Å². The van der Waals surface area contributed by atoms with Gasteiger partial charge in [-0.2, -0.15) is 8.78 Å². The molecule has 0 atom stereocenters. The Hall–Kier alpha value is -0.920. The van der Waals surface area contributed by atoms with Crippen molar-refractivity contribution >= 4 is 21.4 Å². The van der Waals surface area contributed by atoms with Crippen molar-refractivity contribution in [1.29, 1.82) is 0 Å². The minimum Gasteiger partial charge on any atom is -0.434 e. The fourth-order valence-electron chi connectivity index (χ4n) is 2.25. The van der Waals surface area contributed by atoms with E-state index in [2.05, 4.69) is 10.1 Å². The lowest BCUT2D eigenvalue weighted by atomic mass is 10.1. The van der Waals surface area contributed by atoms with Gasteiger partial charge in [0.1, 0.15) is 15.6 Å². The molecule has 1 fully saturated rings. The number of halogens is 3.